The van der Waals surface area contributed by atoms with E-state index in [1.165, 1.54) is 12.3 Å². The predicted octanol–water partition coefficient (Wildman–Crippen LogP) is 1.13. The number of sulfonamides is 1. The van der Waals surface area contributed by atoms with Gasteiger partial charge in [-0.05, 0) is 18.6 Å². The minimum Gasteiger partial charge on any atom is -0.480 e. The van der Waals surface area contributed by atoms with E-state index in [2.05, 4.69) is 14.8 Å². The molecule has 0 saturated heterocycles. The number of pyridine rings is 1. The molecule has 0 atom stereocenters. The SMILES string of the molecule is Cc1cc(NS(=O)(=O)c2cnn(CC(=O)O)c2)cnc1Cl. The van der Waals surface area contributed by atoms with Crippen LogP contribution in [-0.4, -0.2) is 34.3 Å². The number of aromatic nitrogens is 3. The van der Waals surface area contributed by atoms with Crippen LogP contribution in [0.5, 0.6) is 0 Å². The van der Waals surface area contributed by atoms with Crippen molar-refractivity contribution in [3.05, 3.63) is 35.4 Å². The van der Waals surface area contributed by atoms with E-state index in [9.17, 15) is 13.2 Å². The number of rotatable bonds is 5. The summed E-state index contributed by atoms with van der Waals surface area (Å²) in [5.74, 6) is -1.12. The fraction of sp³-hybridized carbons (Fsp3) is 0.182. The molecule has 0 radical (unpaired) electrons. The Morgan fingerprint density at radius 3 is 2.81 bits per heavy atom. The largest absolute Gasteiger partial charge is 0.480 e. The number of anilines is 1. The molecule has 2 heterocycles. The van der Waals surface area contributed by atoms with Gasteiger partial charge in [0.15, 0.2) is 0 Å². The van der Waals surface area contributed by atoms with Crippen LogP contribution in [0.4, 0.5) is 5.69 Å². The smallest absolute Gasteiger partial charge is 0.325 e. The molecule has 2 rings (SSSR count). The first kappa shape index (κ1) is 15.3. The third-order valence-electron chi connectivity index (χ3n) is 2.48. The van der Waals surface area contributed by atoms with Crippen LogP contribution in [0.1, 0.15) is 5.56 Å². The fourth-order valence-corrected chi connectivity index (χ4v) is 2.63. The van der Waals surface area contributed by atoms with E-state index in [0.29, 0.717) is 5.56 Å². The van der Waals surface area contributed by atoms with Crippen molar-refractivity contribution >= 4 is 33.3 Å². The van der Waals surface area contributed by atoms with Crippen LogP contribution in [0.25, 0.3) is 0 Å². The lowest BCUT2D eigenvalue weighted by atomic mass is 10.3. The number of nitrogens with one attached hydrogen (secondary N) is 1. The van der Waals surface area contributed by atoms with E-state index in [1.54, 1.807) is 6.92 Å². The molecule has 0 fully saturated rings. The third kappa shape index (κ3) is 3.70. The van der Waals surface area contributed by atoms with Crippen molar-refractivity contribution in [3.63, 3.8) is 0 Å². The highest BCUT2D eigenvalue weighted by molar-refractivity contribution is 7.92. The van der Waals surface area contributed by atoms with Crippen LogP contribution < -0.4 is 4.72 Å². The Morgan fingerprint density at radius 2 is 2.19 bits per heavy atom. The Bertz CT molecular complexity index is 787. The zero-order valence-corrected chi connectivity index (χ0v) is 12.4. The van der Waals surface area contributed by atoms with Gasteiger partial charge in [0.25, 0.3) is 10.0 Å². The molecule has 0 spiro atoms. The van der Waals surface area contributed by atoms with Gasteiger partial charge in [0, 0.05) is 6.20 Å². The Morgan fingerprint density at radius 1 is 1.48 bits per heavy atom. The lowest BCUT2D eigenvalue weighted by Gasteiger charge is -2.07. The second-order valence-corrected chi connectivity index (χ2v) is 6.24. The summed E-state index contributed by atoms with van der Waals surface area (Å²) in [4.78, 5) is 14.2. The Hall–Kier alpha value is -2.13. The maximum atomic E-state index is 12.1. The van der Waals surface area contributed by atoms with Gasteiger partial charge in [0.2, 0.25) is 0 Å². The van der Waals surface area contributed by atoms with E-state index in [-0.39, 0.29) is 15.7 Å². The Labute approximate surface area is 125 Å². The Balaban J connectivity index is 2.23. The molecular formula is C11H11ClN4O4S. The molecule has 0 aliphatic carbocycles. The summed E-state index contributed by atoms with van der Waals surface area (Å²) in [5, 5.41) is 12.6. The molecule has 0 aromatic carbocycles. The normalized spacial score (nSPS) is 11.3. The molecular weight excluding hydrogens is 320 g/mol. The first-order valence-electron chi connectivity index (χ1n) is 5.67. The summed E-state index contributed by atoms with van der Waals surface area (Å²) in [6.45, 7) is 1.27. The van der Waals surface area contributed by atoms with Crippen LogP contribution in [0.3, 0.4) is 0 Å². The van der Waals surface area contributed by atoms with E-state index >= 15 is 0 Å². The number of carbonyl (C=O) groups is 1. The molecule has 0 aliphatic rings. The first-order chi connectivity index (χ1) is 9.78. The van der Waals surface area contributed by atoms with Crippen molar-refractivity contribution < 1.29 is 18.3 Å². The van der Waals surface area contributed by atoms with Gasteiger partial charge in [-0.3, -0.25) is 14.2 Å². The van der Waals surface area contributed by atoms with Gasteiger partial charge < -0.3 is 5.11 Å². The molecule has 2 N–H and O–H groups in total. The number of nitrogens with zero attached hydrogens (tertiary/aromatic N) is 3. The number of carboxylic acid groups (broad SMARTS) is 1. The minimum absolute atomic E-state index is 0.142. The number of aliphatic carboxylic acids is 1. The third-order valence-corrected chi connectivity index (χ3v) is 4.22. The molecule has 2 aromatic heterocycles. The number of hydrogen-bond acceptors (Lipinski definition) is 5. The maximum absolute atomic E-state index is 12.1. The molecule has 2 aromatic rings. The van der Waals surface area contributed by atoms with Crippen LogP contribution in [0.2, 0.25) is 5.15 Å². The van der Waals surface area contributed by atoms with Gasteiger partial charge in [-0.1, -0.05) is 11.6 Å². The lowest BCUT2D eigenvalue weighted by molar-refractivity contribution is -0.137. The molecule has 112 valence electrons. The number of halogens is 1. The van der Waals surface area contributed by atoms with E-state index in [4.69, 9.17) is 16.7 Å². The summed E-state index contributed by atoms with van der Waals surface area (Å²) in [6, 6.07) is 1.54. The number of carboxylic acids is 1. The molecule has 8 nitrogen and oxygen atoms in total. The van der Waals surface area contributed by atoms with Crippen molar-refractivity contribution in [2.45, 2.75) is 18.4 Å². The zero-order chi connectivity index (χ0) is 15.6. The van der Waals surface area contributed by atoms with Gasteiger partial charge in [-0.25, -0.2) is 13.4 Å². The standard InChI is InChI=1S/C11H11ClN4O4S/c1-7-2-8(3-13-11(7)12)15-21(19,20)9-4-14-16(5-9)6-10(17)18/h2-5,15H,6H2,1H3,(H,17,18). The number of aryl methyl sites for hydroxylation is 1. The van der Waals surface area contributed by atoms with Crippen LogP contribution >= 0.6 is 11.6 Å². The van der Waals surface area contributed by atoms with Crippen molar-refractivity contribution in [1.29, 1.82) is 0 Å². The van der Waals surface area contributed by atoms with Crippen molar-refractivity contribution in [3.8, 4) is 0 Å². The van der Waals surface area contributed by atoms with Gasteiger partial charge in [-0.15, -0.1) is 0 Å². The molecule has 21 heavy (non-hydrogen) atoms. The summed E-state index contributed by atoms with van der Waals surface area (Å²) < 4.78 is 27.6. The summed E-state index contributed by atoms with van der Waals surface area (Å²) in [5.41, 5.74) is 0.876. The highest BCUT2D eigenvalue weighted by Crippen LogP contribution is 2.19. The van der Waals surface area contributed by atoms with Gasteiger partial charge in [0.1, 0.15) is 16.6 Å². The van der Waals surface area contributed by atoms with Crippen molar-refractivity contribution in [1.82, 2.24) is 14.8 Å². The summed E-state index contributed by atoms with van der Waals surface area (Å²) in [7, 11) is -3.87. The maximum Gasteiger partial charge on any atom is 0.325 e. The fourth-order valence-electron chi connectivity index (χ4n) is 1.54. The van der Waals surface area contributed by atoms with Crippen molar-refractivity contribution in [2.24, 2.45) is 0 Å². The molecule has 10 heteroatoms. The molecule has 0 saturated carbocycles. The molecule has 0 bridgehead atoms. The molecule has 0 aliphatic heterocycles. The van der Waals surface area contributed by atoms with Gasteiger partial charge >= 0.3 is 5.97 Å². The van der Waals surface area contributed by atoms with Crippen LogP contribution in [0, 0.1) is 6.92 Å². The second kappa shape index (κ2) is 5.70. The number of hydrogen-bond donors (Lipinski definition) is 2. The molecule has 0 amide bonds. The Kier molecular flexibility index (Phi) is 4.14. The highest BCUT2D eigenvalue weighted by atomic mass is 35.5. The van der Waals surface area contributed by atoms with Crippen molar-refractivity contribution in [2.75, 3.05) is 4.72 Å². The predicted molar refractivity (Wildman–Crippen MR) is 74.7 cm³/mol. The average Bonchev–Trinajstić information content (AvgIpc) is 2.82. The van der Waals surface area contributed by atoms with E-state index in [0.717, 1.165) is 17.1 Å². The quantitative estimate of drug-likeness (QED) is 0.794. The van der Waals surface area contributed by atoms with Crippen LogP contribution in [-0.2, 0) is 21.4 Å². The lowest BCUT2D eigenvalue weighted by Crippen LogP contribution is -2.13. The van der Waals surface area contributed by atoms with Crippen LogP contribution in [0.15, 0.2) is 29.6 Å². The zero-order valence-electron chi connectivity index (χ0n) is 10.8. The van der Waals surface area contributed by atoms with E-state index in [1.807, 2.05) is 0 Å². The first-order valence-corrected chi connectivity index (χ1v) is 7.53. The van der Waals surface area contributed by atoms with E-state index < -0.39 is 22.5 Å². The summed E-state index contributed by atoms with van der Waals surface area (Å²) >= 11 is 5.76. The van der Waals surface area contributed by atoms with Gasteiger partial charge in [0.05, 0.1) is 18.1 Å². The topological polar surface area (TPSA) is 114 Å². The average molecular weight is 331 g/mol. The second-order valence-electron chi connectivity index (χ2n) is 4.20. The minimum atomic E-state index is -3.87. The highest BCUT2D eigenvalue weighted by Gasteiger charge is 2.17. The molecule has 0 unspecified atom stereocenters. The summed E-state index contributed by atoms with van der Waals surface area (Å²) in [6.07, 6.45) is 3.49. The van der Waals surface area contributed by atoms with Gasteiger partial charge in [-0.2, -0.15) is 5.10 Å². The monoisotopic (exact) mass is 330 g/mol.